The first-order valence-electron chi connectivity index (χ1n) is 11.5. The highest BCUT2D eigenvalue weighted by atomic mass is 32.2. The van der Waals surface area contributed by atoms with Gasteiger partial charge in [-0.15, -0.1) is 0 Å². The first-order chi connectivity index (χ1) is 15.5. The lowest BCUT2D eigenvalue weighted by molar-refractivity contribution is -0.0121. The molecule has 2 unspecified atom stereocenters. The topological polar surface area (TPSA) is 73.2 Å². The van der Waals surface area contributed by atoms with E-state index in [2.05, 4.69) is 4.90 Å². The van der Waals surface area contributed by atoms with Gasteiger partial charge in [-0.05, 0) is 86.1 Å². The lowest BCUT2D eigenvalue weighted by atomic mass is 9.90. The molecular weight excluding hydrogens is 424 g/mol. The number of aromatic hydroxyl groups is 1. The van der Waals surface area contributed by atoms with Crippen molar-refractivity contribution in [3.05, 3.63) is 53.6 Å². The van der Waals surface area contributed by atoms with Crippen LogP contribution in [0.2, 0.25) is 0 Å². The van der Waals surface area contributed by atoms with E-state index in [-0.39, 0.29) is 0 Å². The number of likely N-dealkylation sites (tertiary alicyclic amines) is 1. The van der Waals surface area contributed by atoms with Crippen LogP contribution in [0.4, 0.5) is 0 Å². The van der Waals surface area contributed by atoms with Crippen LogP contribution in [0.3, 0.4) is 0 Å². The number of nitrogens with zero attached hydrogens (tertiary/aromatic N) is 2. The van der Waals surface area contributed by atoms with Crippen LogP contribution in [0.15, 0.2) is 47.4 Å². The number of hydrogen-bond acceptors (Lipinski definition) is 6. The maximum absolute atomic E-state index is 12.6. The summed E-state index contributed by atoms with van der Waals surface area (Å²) in [5.74, 6) is 2.29. The number of phenolic OH excluding ortho intramolecular Hbond substituents is 1. The van der Waals surface area contributed by atoms with E-state index in [0.29, 0.717) is 36.9 Å². The lowest BCUT2D eigenvalue weighted by Crippen LogP contribution is -2.41. The molecule has 32 heavy (non-hydrogen) atoms. The zero-order valence-electron chi connectivity index (χ0n) is 18.8. The summed E-state index contributed by atoms with van der Waals surface area (Å²) in [5.41, 5.74) is 2.27. The second kappa shape index (κ2) is 10.8. The molecule has 2 aromatic carbocycles. The van der Waals surface area contributed by atoms with Crippen molar-refractivity contribution in [3.63, 3.8) is 0 Å². The van der Waals surface area contributed by atoms with Crippen LogP contribution in [0.1, 0.15) is 30.4 Å². The highest BCUT2D eigenvalue weighted by molar-refractivity contribution is 7.85. The fraction of sp³-hybridized carbons (Fsp3) is 0.520. The molecule has 174 valence electrons. The van der Waals surface area contributed by atoms with Gasteiger partial charge in [-0.2, -0.15) is 0 Å². The summed E-state index contributed by atoms with van der Waals surface area (Å²) in [7, 11) is 0.592. The zero-order valence-corrected chi connectivity index (χ0v) is 19.6. The standard InChI is InChI=1S/C25H34N2O4S/c1-31-23-6-7-24-21(17-23)18-27(14-15-32(24)30)25(29)10-13-26-11-8-20(9-12-26)16-19-2-4-22(28)5-3-19/h2-7,17,20,25,28-29H,8-16,18H2,1H3. The summed E-state index contributed by atoms with van der Waals surface area (Å²) in [6.07, 6.45) is 3.53. The van der Waals surface area contributed by atoms with Crippen molar-refractivity contribution >= 4 is 10.8 Å². The third kappa shape index (κ3) is 5.90. The monoisotopic (exact) mass is 458 g/mol. The number of benzene rings is 2. The minimum Gasteiger partial charge on any atom is -0.508 e. The van der Waals surface area contributed by atoms with Gasteiger partial charge in [0.1, 0.15) is 17.7 Å². The van der Waals surface area contributed by atoms with E-state index >= 15 is 0 Å². The lowest BCUT2D eigenvalue weighted by Gasteiger charge is -2.34. The van der Waals surface area contributed by atoms with Crippen molar-refractivity contribution in [2.24, 2.45) is 5.92 Å². The highest BCUT2D eigenvalue weighted by Crippen LogP contribution is 2.27. The third-order valence-electron chi connectivity index (χ3n) is 6.74. The Hall–Kier alpha value is -1.93. The van der Waals surface area contributed by atoms with Crippen LogP contribution in [-0.4, -0.2) is 69.5 Å². The molecule has 0 aromatic heterocycles. The van der Waals surface area contributed by atoms with Gasteiger partial charge in [-0.25, -0.2) is 0 Å². The summed E-state index contributed by atoms with van der Waals surface area (Å²) in [4.78, 5) is 5.35. The third-order valence-corrected chi connectivity index (χ3v) is 8.19. The second-order valence-electron chi connectivity index (χ2n) is 8.92. The fourth-order valence-corrected chi connectivity index (χ4v) is 6.01. The molecule has 2 aliphatic rings. The van der Waals surface area contributed by atoms with Crippen LogP contribution in [-0.2, 0) is 23.8 Å². The number of methoxy groups -OCH3 is 1. The molecule has 6 nitrogen and oxygen atoms in total. The molecule has 2 N–H and O–H groups in total. The molecule has 0 amide bonds. The average molecular weight is 459 g/mol. The second-order valence-corrected chi connectivity index (χ2v) is 10.5. The molecule has 0 bridgehead atoms. The average Bonchev–Trinajstić information content (AvgIpc) is 2.98. The molecule has 2 heterocycles. The molecular formula is C25H34N2O4S. The molecule has 0 radical (unpaired) electrons. The van der Waals surface area contributed by atoms with Crippen LogP contribution < -0.4 is 4.74 Å². The molecule has 0 aliphatic carbocycles. The first kappa shape index (κ1) is 23.2. The Labute approximate surface area is 193 Å². The van der Waals surface area contributed by atoms with E-state index in [1.165, 1.54) is 5.56 Å². The maximum atomic E-state index is 12.6. The number of hydrogen-bond donors (Lipinski definition) is 2. The van der Waals surface area contributed by atoms with Gasteiger partial charge in [0, 0.05) is 30.3 Å². The number of piperidine rings is 1. The maximum Gasteiger partial charge on any atom is 0.119 e. The van der Waals surface area contributed by atoms with E-state index in [4.69, 9.17) is 4.74 Å². The Morgan fingerprint density at radius 2 is 1.88 bits per heavy atom. The van der Waals surface area contributed by atoms with Gasteiger partial charge in [0.15, 0.2) is 0 Å². The number of rotatable bonds is 7. The smallest absolute Gasteiger partial charge is 0.119 e. The zero-order chi connectivity index (χ0) is 22.5. The molecule has 4 rings (SSSR count). The normalized spacial score (nSPS) is 21.6. The Morgan fingerprint density at radius 1 is 1.12 bits per heavy atom. The van der Waals surface area contributed by atoms with Crippen LogP contribution in [0, 0.1) is 5.92 Å². The Bertz CT molecular complexity index is 913. The predicted octanol–water partition coefficient (Wildman–Crippen LogP) is 2.99. The molecule has 0 saturated carbocycles. The van der Waals surface area contributed by atoms with E-state index < -0.39 is 17.0 Å². The SMILES string of the molecule is COc1ccc2c(c1)CN(C(O)CCN1CCC(Cc3ccc(O)cc3)CC1)CCS2=O. The summed E-state index contributed by atoms with van der Waals surface area (Å²) in [5, 5.41) is 20.3. The number of aliphatic hydroxyl groups is 1. The predicted molar refractivity (Wildman–Crippen MR) is 126 cm³/mol. The highest BCUT2D eigenvalue weighted by Gasteiger charge is 2.25. The minimum absolute atomic E-state index is 0.320. The molecule has 2 aliphatic heterocycles. The molecule has 7 heteroatoms. The van der Waals surface area contributed by atoms with Gasteiger partial charge in [0.2, 0.25) is 0 Å². The van der Waals surface area contributed by atoms with Gasteiger partial charge in [-0.1, -0.05) is 12.1 Å². The minimum atomic E-state index is -1.04. The Balaban J connectivity index is 1.25. The quantitative estimate of drug-likeness (QED) is 0.665. The summed E-state index contributed by atoms with van der Waals surface area (Å²) < 4.78 is 17.9. The van der Waals surface area contributed by atoms with Crippen molar-refractivity contribution in [1.29, 1.82) is 0 Å². The van der Waals surface area contributed by atoms with Gasteiger partial charge in [0.25, 0.3) is 0 Å². The number of fused-ring (bicyclic) bond motifs is 1. The fourth-order valence-electron chi connectivity index (χ4n) is 4.75. The number of phenols is 1. The summed E-state index contributed by atoms with van der Waals surface area (Å²) >= 11 is 0. The molecule has 0 spiro atoms. The van der Waals surface area contributed by atoms with Crippen molar-refractivity contribution < 1.29 is 19.2 Å². The molecule has 1 saturated heterocycles. The molecule has 1 fully saturated rings. The van der Waals surface area contributed by atoms with E-state index in [1.807, 2.05) is 35.2 Å². The van der Waals surface area contributed by atoms with Gasteiger partial charge >= 0.3 is 0 Å². The molecule has 2 atom stereocenters. The van der Waals surface area contributed by atoms with E-state index in [1.54, 1.807) is 19.2 Å². The van der Waals surface area contributed by atoms with Crippen molar-refractivity contribution in [2.45, 2.75) is 43.4 Å². The van der Waals surface area contributed by atoms with Crippen LogP contribution in [0.25, 0.3) is 0 Å². The number of ether oxygens (including phenoxy) is 1. The summed E-state index contributed by atoms with van der Waals surface area (Å²) in [6.45, 7) is 4.20. The number of aliphatic hydroxyl groups excluding tert-OH is 1. The van der Waals surface area contributed by atoms with Gasteiger partial charge in [-0.3, -0.25) is 9.11 Å². The first-order valence-corrected chi connectivity index (χ1v) is 12.8. The molecule has 2 aromatic rings. The largest absolute Gasteiger partial charge is 0.508 e. The van der Waals surface area contributed by atoms with E-state index in [0.717, 1.165) is 55.1 Å². The van der Waals surface area contributed by atoms with Crippen LogP contribution >= 0.6 is 0 Å². The van der Waals surface area contributed by atoms with Gasteiger partial charge in [0.05, 0.1) is 17.9 Å². The Kier molecular flexibility index (Phi) is 7.84. The Morgan fingerprint density at radius 3 is 2.59 bits per heavy atom. The van der Waals surface area contributed by atoms with Crippen molar-refractivity contribution in [2.75, 3.05) is 39.0 Å². The van der Waals surface area contributed by atoms with Crippen molar-refractivity contribution in [3.8, 4) is 11.5 Å². The summed E-state index contributed by atoms with van der Waals surface area (Å²) in [6, 6.07) is 13.2. The van der Waals surface area contributed by atoms with E-state index in [9.17, 15) is 14.4 Å². The van der Waals surface area contributed by atoms with Gasteiger partial charge < -0.3 is 19.8 Å². The van der Waals surface area contributed by atoms with Crippen LogP contribution in [0.5, 0.6) is 11.5 Å². The van der Waals surface area contributed by atoms with Crippen molar-refractivity contribution in [1.82, 2.24) is 9.80 Å².